The standard InChI is InChI=1S/C18H16O3/c19-17(10-12-4-2-1-3-5-12)14-8-6-13(7-9-14)15-11-16(15)18(20)21/h1-9,15-16H,10-11H2,(H,20,21). The van der Waals surface area contributed by atoms with Gasteiger partial charge in [0.25, 0.3) is 0 Å². The molecule has 0 spiro atoms. The van der Waals surface area contributed by atoms with Crippen molar-refractivity contribution in [2.24, 2.45) is 5.92 Å². The number of hydrogen-bond donors (Lipinski definition) is 1. The van der Waals surface area contributed by atoms with Gasteiger partial charge in [0.05, 0.1) is 5.92 Å². The van der Waals surface area contributed by atoms with Gasteiger partial charge in [-0.15, -0.1) is 0 Å². The Morgan fingerprint density at radius 2 is 1.67 bits per heavy atom. The molecule has 3 nitrogen and oxygen atoms in total. The molecule has 0 aromatic heterocycles. The molecule has 3 rings (SSSR count). The van der Waals surface area contributed by atoms with Gasteiger partial charge in [0.2, 0.25) is 0 Å². The minimum Gasteiger partial charge on any atom is -0.481 e. The third-order valence-corrected chi connectivity index (χ3v) is 3.98. The van der Waals surface area contributed by atoms with E-state index in [2.05, 4.69) is 0 Å². The molecule has 0 radical (unpaired) electrons. The van der Waals surface area contributed by atoms with Gasteiger partial charge in [0.1, 0.15) is 0 Å². The van der Waals surface area contributed by atoms with Crippen LogP contribution in [-0.2, 0) is 11.2 Å². The van der Waals surface area contributed by atoms with Crippen LogP contribution in [0, 0.1) is 5.92 Å². The fraction of sp³-hybridized carbons (Fsp3) is 0.222. The van der Waals surface area contributed by atoms with E-state index in [1.54, 1.807) is 12.1 Å². The molecule has 106 valence electrons. The van der Waals surface area contributed by atoms with Gasteiger partial charge in [-0.3, -0.25) is 9.59 Å². The minimum atomic E-state index is -0.732. The second-order valence-corrected chi connectivity index (χ2v) is 5.49. The van der Waals surface area contributed by atoms with Crippen LogP contribution in [0.25, 0.3) is 0 Å². The van der Waals surface area contributed by atoms with Gasteiger partial charge < -0.3 is 5.11 Å². The van der Waals surface area contributed by atoms with E-state index in [0.717, 1.165) is 11.1 Å². The van der Waals surface area contributed by atoms with E-state index in [-0.39, 0.29) is 17.6 Å². The first-order chi connectivity index (χ1) is 10.1. The van der Waals surface area contributed by atoms with Gasteiger partial charge in [-0.1, -0.05) is 54.6 Å². The van der Waals surface area contributed by atoms with Crippen molar-refractivity contribution in [1.82, 2.24) is 0 Å². The molecule has 1 N–H and O–H groups in total. The lowest BCUT2D eigenvalue weighted by Crippen LogP contribution is -2.03. The molecule has 2 aromatic carbocycles. The van der Waals surface area contributed by atoms with E-state index >= 15 is 0 Å². The average Bonchev–Trinajstić information content (AvgIpc) is 3.29. The Hall–Kier alpha value is -2.42. The van der Waals surface area contributed by atoms with Crippen LogP contribution >= 0.6 is 0 Å². The smallest absolute Gasteiger partial charge is 0.307 e. The average molecular weight is 280 g/mol. The summed E-state index contributed by atoms with van der Waals surface area (Å²) in [4.78, 5) is 23.1. The lowest BCUT2D eigenvalue weighted by molar-refractivity contribution is -0.138. The number of Topliss-reactive ketones (excluding diaryl/α,β-unsaturated/α-hetero) is 1. The predicted molar refractivity (Wildman–Crippen MR) is 79.4 cm³/mol. The Kier molecular flexibility index (Phi) is 3.57. The van der Waals surface area contributed by atoms with Gasteiger partial charge in [-0.25, -0.2) is 0 Å². The molecule has 1 saturated carbocycles. The van der Waals surface area contributed by atoms with Crippen molar-refractivity contribution in [3.8, 4) is 0 Å². The van der Waals surface area contributed by atoms with Gasteiger partial charge >= 0.3 is 5.97 Å². The Balaban J connectivity index is 1.67. The van der Waals surface area contributed by atoms with E-state index < -0.39 is 5.97 Å². The van der Waals surface area contributed by atoms with E-state index in [1.165, 1.54) is 0 Å². The summed E-state index contributed by atoms with van der Waals surface area (Å²) >= 11 is 0. The summed E-state index contributed by atoms with van der Waals surface area (Å²) in [6.45, 7) is 0. The van der Waals surface area contributed by atoms with Crippen molar-refractivity contribution < 1.29 is 14.7 Å². The summed E-state index contributed by atoms with van der Waals surface area (Å²) in [5.41, 5.74) is 2.69. The molecule has 2 aromatic rings. The Morgan fingerprint density at radius 3 is 2.24 bits per heavy atom. The highest BCUT2D eigenvalue weighted by molar-refractivity contribution is 5.97. The topological polar surface area (TPSA) is 54.4 Å². The van der Waals surface area contributed by atoms with Crippen LogP contribution in [-0.4, -0.2) is 16.9 Å². The molecule has 21 heavy (non-hydrogen) atoms. The molecular weight excluding hydrogens is 264 g/mol. The van der Waals surface area contributed by atoms with E-state index in [9.17, 15) is 9.59 Å². The Morgan fingerprint density at radius 1 is 1.00 bits per heavy atom. The maximum absolute atomic E-state index is 12.2. The number of ketones is 1. The first-order valence-electron chi connectivity index (χ1n) is 7.05. The molecule has 2 unspecified atom stereocenters. The quantitative estimate of drug-likeness (QED) is 0.855. The summed E-state index contributed by atoms with van der Waals surface area (Å²) < 4.78 is 0. The van der Waals surface area contributed by atoms with Crippen LogP contribution in [0.1, 0.15) is 33.8 Å². The summed E-state index contributed by atoms with van der Waals surface area (Å²) in [6.07, 6.45) is 1.09. The Bertz CT molecular complexity index is 659. The molecule has 0 aliphatic heterocycles. The van der Waals surface area contributed by atoms with E-state index in [0.29, 0.717) is 18.4 Å². The summed E-state index contributed by atoms with van der Waals surface area (Å²) in [5, 5.41) is 8.94. The van der Waals surface area contributed by atoms with Crippen LogP contribution in [0.15, 0.2) is 54.6 Å². The molecular formula is C18H16O3. The lowest BCUT2D eigenvalue weighted by Gasteiger charge is -2.03. The van der Waals surface area contributed by atoms with Crippen molar-refractivity contribution in [2.45, 2.75) is 18.8 Å². The monoisotopic (exact) mass is 280 g/mol. The highest BCUT2D eigenvalue weighted by Crippen LogP contribution is 2.47. The molecule has 2 atom stereocenters. The fourth-order valence-electron chi connectivity index (χ4n) is 2.64. The van der Waals surface area contributed by atoms with Crippen LogP contribution in [0.5, 0.6) is 0 Å². The number of aliphatic carboxylic acids is 1. The van der Waals surface area contributed by atoms with Gasteiger partial charge in [0.15, 0.2) is 5.78 Å². The Labute approximate surface area is 123 Å². The van der Waals surface area contributed by atoms with E-state index in [4.69, 9.17) is 5.11 Å². The van der Waals surface area contributed by atoms with Crippen molar-refractivity contribution in [1.29, 1.82) is 0 Å². The molecule has 1 fully saturated rings. The van der Waals surface area contributed by atoms with Gasteiger partial charge in [-0.05, 0) is 23.5 Å². The maximum Gasteiger partial charge on any atom is 0.307 e. The van der Waals surface area contributed by atoms with Gasteiger partial charge in [-0.2, -0.15) is 0 Å². The number of hydrogen-bond acceptors (Lipinski definition) is 2. The van der Waals surface area contributed by atoms with Crippen molar-refractivity contribution in [3.63, 3.8) is 0 Å². The summed E-state index contributed by atoms with van der Waals surface area (Å²) in [6, 6.07) is 17.0. The number of benzene rings is 2. The molecule has 1 aliphatic carbocycles. The number of carbonyl (C=O) groups is 2. The highest BCUT2D eigenvalue weighted by atomic mass is 16.4. The lowest BCUT2D eigenvalue weighted by atomic mass is 10.0. The van der Waals surface area contributed by atoms with Crippen LogP contribution in [0.2, 0.25) is 0 Å². The normalized spacial score (nSPS) is 20.0. The first kappa shape index (κ1) is 13.6. The van der Waals surface area contributed by atoms with Crippen molar-refractivity contribution >= 4 is 11.8 Å². The van der Waals surface area contributed by atoms with Crippen LogP contribution in [0.4, 0.5) is 0 Å². The van der Waals surface area contributed by atoms with Crippen LogP contribution in [0.3, 0.4) is 0 Å². The molecule has 1 aliphatic rings. The van der Waals surface area contributed by atoms with Crippen molar-refractivity contribution in [3.05, 3.63) is 71.3 Å². The molecule has 0 amide bonds. The molecule has 3 heteroatoms. The fourth-order valence-corrected chi connectivity index (χ4v) is 2.64. The summed E-state index contributed by atoms with van der Waals surface area (Å²) in [7, 11) is 0. The number of carboxylic acids is 1. The first-order valence-corrected chi connectivity index (χ1v) is 7.05. The predicted octanol–water partition coefficient (Wildman–Crippen LogP) is 3.30. The number of rotatable bonds is 5. The van der Waals surface area contributed by atoms with Gasteiger partial charge in [0, 0.05) is 12.0 Å². The zero-order valence-corrected chi connectivity index (χ0v) is 11.5. The molecule has 0 saturated heterocycles. The zero-order valence-electron chi connectivity index (χ0n) is 11.5. The van der Waals surface area contributed by atoms with Crippen molar-refractivity contribution in [2.75, 3.05) is 0 Å². The summed E-state index contributed by atoms with van der Waals surface area (Å²) in [5.74, 6) is -0.792. The molecule has 0 bridgehead atoms. The molecule has 0 heterocycles. The second-order valence-electron chi connectivity index (χ2n) is 5.49. The van der Waals surface area contributed by atoms with E-state index in [1.807, 2.05) is 42.5 Å². The zero-order chi connectivity index (χ0) is 14.8. The number of carbonyl (C=O) groups excluding carboxylic acids is 1. The minimum absolute atomic E-state index is 0.0818. The second kappa shape index (κ2) is 5.52. The highest BCUT2D eigenvalue weighted by Gasteiger charge is 2.44. The SMILES string of the molecule is O=C(Cc1ccccc1)c1ccc(C2CC2C(=O)O)cc1. The third-order valence-electron chi connectivity index (χ3n) is 3.98. The maximum atomic E-state index is 12.2. The third kappa shape index (κ3) is 3.02. The largest absolute Gasteiger partial charge is 0.481 e. The number of carboxylic acid groups (broad SMARTS) is 1. The van der Waals surface area contributed by atoms with Crippen LogP contribution < -0.4 is 0 Å².